The van der Waals surface area contributed by atoms with E-state index in [1.807, 2.05) is 0 Å². The topological polar surface area (TPSA) is 47.0 Å². The van der Waals surface area contributed by atoms with Crippen LogP contribution in [0.3, 0.4) is 0 Å². The first kappa shape index (κ1) is 9.52. The summed E-state index contributed by atoms with van der Waals surface area (Å²) in [4.78, 5) is 7.92. The lowest BCUT2D eigenvalue weighted by Gasteiger charge is -2.09. The highest BCUT2D eigenvalue weighted by atomic mass is 35.5. The van der Waals surface area contributed by atoms with Gasteiger partial charge < -0.3 is 10.1 Å². The SMILES string of the molecule is COc1c(Cl)ncnc1NCC1CC1. The Balaban J connectivity index is 2.09. The Kier molecular flexibility index (Phi) is 2.72. The number of nitrogens with zero attached hydrogens (tertiary/aromatic N) is 2. The molecule has 1 N–H and O–H groups in total. The van der Waals surface area contributed by atoms with Crippen molar-refractivity contribution in [3.8, 4) is 5.75 Å². The molecule has 0 aromatic carbocycles. The molecule has 0 unspecified atom stereocenters. The minimum atomic E-state index is 0.348. The van der Waals surface area contributed by atoms with Gasteiger partial charge >= 0.3 is 0 Å². The van der Waals surface area contributed by atoms with Crippen LogP contribution in [0, 0.1) is 5.92 Å². The fourth-order valence-corrected chi connectivity index (χ4v) is 1.43. The molecule has 1 aromatic rings. The Morgan fingerprint density at radius 3 is 3.00 bits per heavy atom. The van der Waals surface area contributed by atoms with Crippen LogP contribution in [0.4, 0.5) is 5.82 Å². The Hall–Kier alpha value is -1.03. The van der Waals surface area contributed by atoms with Crippen molar-refractivity contribution >= 4 is 17.4 Å². The van der Waals surface area contributed by atoms with Crippen LogP contribution < -0.4 is 10.1 Å². The Bertz CT molecular complexity index is 328. The highest BCUT2D eigenvalue weighted by Crippen LogP contribution is 2.32. The van der Waals surface area contributed by atoms with Gasteiger partial charge in [0.25, 0.3) is 0 Å². The molecule has 0 aliphatic heterocycles. The smallest absolute Gasteiger partial charge is 0.198 e. The van der Waals surface area contributed by atoms with Crippen molar-refractivity contribution in [2.24, 2.45) is 5.92 Å². The second kappa shape index (κ2) is 4.00. The molecule has 0 amide bonds. The lowest BCUT2D eigenvalue weighted by molar-refractivity contribution is 0.413. The van der Waals surface area contributed by atoms with E-state index in [1.54, 1.807) is 7.11 Å². The van der Waals surface area contributed by atoms with Gasteiger partial charge in [-0.3, -0.25) is 0 Å². The van der Waals surface area contributed by atoms with Crippen LogP contribution in [-0.4, -0.2) is 23.6 Å². The molecule has 0 spiro atoms. The lowest BCUT2D eigenvalue weighted by atomic mass is 10.4. The van der Waals surface area contributed by atoms with Gasteiger partial charge in [0, 0.05) is 6.54 Å². The zero-order valence-electron chi connectivity index (χ0n) is 7.96. The van der Waals surface area contributed by atoms with E-state index >= 15 is 0 Å². The normalized spacial score (nSPS) is 15.3. The molecular formula is C9H12ClN3O. The molecule has 2 rings (SSSR count). The maximum absolute atomic E-state index is 5.84. The number of anilines is 1. The number of hydrogen-bond acceptors (Lipinski definition) is 4. The van der Waals surface area contributed by atoms with Crippen LogP contribution >= 0.6 is 11.6 Å². The summed E-state index contributed by atoms with van der Waals surface area (Å²) in [6.07, 6.45) is 4.03. The molecule has 4 nitrogen and oxygen atoms in total. The first-order valence-electron chi connectivity index (χ1n) is 4.59. The third-order valence-corrected chi connectivity index (χ3v) is 2.49. The number of ether oxygens (including phenoxy) is 1. The van der Waals surface area contributed by atoms with Crippen LogP contribution in [0.1, 0.15) is 12.8 Å². The molecule has 1 aromatic heterocycles. The summed E-state index contributed by atoms with van der Waals surface area (Å²) in [5.74, 6) is 1.99. The molecule has 1 aliphatic carbocycles. The summed E-state index contributed by atoms with van der Waals surface area (Å²) >= 11 is 5.84. The maximum Gasteiger partial charge on any atom is 0.198 e. The second-order valence-electron chi connectivity index (χ2n) is 3.37. The van der Waals surface area contributed by atoms with Crippen molar-refractivity contribution < 1.29 is 4.74 Å². The van der Waals surface area contributed by atoms with Gasteiger partial charge in [-0.2, -0.15) is 0 Å². The van der Waals surface area contributed by atoms with Gasteiger partial charge in [-0.05, 0) is 18.8 Å². The number of rotatable bonds is 4. The molecule has 0 atom stereocenters. The largest absolute Gasteiger partial charge is 0.490 e. The Morgan fingerprint density at radius 1 is 1.57 bits per heavy atom. The average molecular weight is 214 g/mol. The summed E-state index contributed by atoms with van der Waals surface area (Å²) in [5.41, 5.74) is 0. The molecule has 1 fully saturated rings. The number of halogens is 1. The highest BCUT2D eigenvalue weighted by Gasteiger charge is 2.21. The van der Waals surface area contributed by atoms with Crippen molar-refractivity contribution in [1.82, 2.24) is 9.97 Å². The molecule has 5 heteroatoms. The van der Waals surface area contributed by atoms with Crippen LogP contribution in [0.25, 0.3) is 0 Å². The molecule has 76 valence electrons. The number of nitrogens with one attached hydrogen (secondary N) is 1. The quantitative estimate of drug-likeness (QED) is 0.777. The van der Waals surface area contributed by atoms with Gasteiger partial charge in [0.2, 0.25) is 0 Å². The summed E-state index contributed by atoms with van der Waals surface area (Å²) in [7, 11) is 1.56. The van der Waals surface area contributed by atoms with E-state index in [2.05, 4.69) is 15.3 Å². The van der Waals surface area contributed by atoms with Crippen molar-refractivity contribution in [2.75, 3.05) is 19.0 Å². The van der Waals surface area contributed by atoms with E-state index in [0.29, 0.717) is 16.7 Å². The number of methoxy groups -OCH3 is 1. The van der Waals surface area contributed by atoms with E-state index in [0.717, 1.165) is 12.5 Å². The van der Waals surface area contributed by atoms with Crippen molar-refractivity contribution in [2.45, 2.75) is 12.8 Å². The minimum absolute atomic E-state index is 0.348. The predicted molar refractivity (Wildman–Crippen MR) is 54.8 cm³/mol. The highest BCUT2D eigenvalue weighted by molar-refractivity contribution is 6.31. The Labute approximate surface area is 87.7 Å². The summed E-state index contributed by atoms with van der Waals surface area (Å²) in [5, 5.41) is 3.55. The molecule has 1 saturated carbocycles. The lowest BCUT2D eigenvalue weighted by Crippen LogP contribution is -2.07. The van der Waals surface area contributed by atoms with Crippen LogP contribution in [-0.2, 0) is 0 Å². The summed E-state index contributed by atoms with van der Waals surface area (Å²) < 4.78 is 5.11. The molecule has 1 aliphatic rings. The monoisotopic (exact) mass is 213 g/mol. The minimum Gasteiger partial charge on any atom is -0.490 e. The van der Waals surface area contributed by atoms with Crippen molar-refractivity contribution in [1.29, 1.82) is 0 Å². The van der Waals surface area contributed by atoms with Gasteiger partial charge in [0.1, 0.15) is 6.33 Å². The van der Waals surface area contributed by atoms with Crippen molar-refractivity contribution in [3.05, 3.63) is 11.5 Å². The van der Waals surface area contributed by atoms with Gasteiger partial charge in [-0.25, -0.2) is 9.97 Å². The molecule has 1 heterocycles. The van der Waals surface area contributed by atoms with Crippen molar-refractivity contribution in [3.63, 3.8) is 0 Å². The fourth-order valence-electron chi connectivity index (χ4n) is 1.22. The summed E-state index contributed by atoms with van der Waals surface area (Å²) in [6.45, 7) is 0.934. The Morgan fingerprint density at radius 2 is 2.36 bits per heavy atom. The van der Waals surface area contributed by atoms with E-state index in [-0.39, 0.29) is 0 Å². The molecule has 0 radical (unpaired) electrons. The van der Waals surface area contributed by atoms with E-state index in [1.165, 1.54) is 19.2 Å². The van der Waals surface area contributed by atoms with Gasteiger partial charge in [-0.15, -0.1) is 0 Å². The van der Waals surface area contributed by atoms with Gasteiger partial charge in [0.15, 0.2) is 16.7 Å². The predicted octanol–water partition coefficient (Wildman–Crippen LogP) is 1.96. The molecule has 14 heavy (non-hydrogen) atoms. The van der Waals surface area contributed by atoms with Crippen LogP contribution in [0.15, 0.2) is 6.33 Å². The van der Waals surface area contributed by atoms with Crippen LogP contribution in [0.2, 0.25) is 5.15 Å². The molecule has 0 bridgehead atoms. The first-order valence-corrected chi connectivity index (χ1v) is 4.97. The third-order valence-electron chi connectivity index (χ3n) is 2.22. The van der Waals surface area contributed by atoms with E-state index < -0.39 is 0 Å². The maximum atomic E-state index is 5.84. The third kappa shape index (κ3) is 2.07. The van der Waals surface area contributed by atoms with Gasteiger partial charge in [0.05, 0.1) is 7.11 Å². The van der Waals surface area contributed by atoms with Crippen LogP contribution in [0.5, 0.6) is 5.75 Å². The number of aromatic nitrogens is 2. The molecular weight excluding hydrogens is 202 g/mol. The van der Waals surface area contributed by atoms with E-state index in [4.69, 9.17) is 16.3 Å². The molecule has 0 saturated heterocycles. The number of hydrogen-bond donors (Lipinski definition) is 1. The fraction of sp³-hybridized carbons (Fsp3) is 0.556. The van der Waals surface area contributed by atoms with Gasteiger partial charge in [-0.1, -0.05) is 11.6 Å². The second-order valence-corrected chi connectivity index (χ2v) is 3.73. The zero-order chi connectivity index (χ0) is 9.97. The van der Waals surface area contributed by atoms with E-state index in [9.17, 15) is 0 Å². The standard InChI is InChI=1S/C9H12ClN3O/c1-14-7-8(10)12-5-13-9(7)11-4-6-2-3-6/h5-6H,2-4H2,1H3,(H,11,12,13). The zero-order valence-corrected chi connectivity index (χ0v) is 8.71. The summed E-state index contributed by atoms with van der Waals surface area (Å²) in [6, 6.07) is 0. The first-order chi connectivity index (χ1) is 6.81. The average Bonchev–Trinajstić information content (AvgIpc) is 2.98.